The van der Waals surface area contributed by atoms with Crippen molar-refractivity contribution in [1.82, 2.24) is 15.5 Å². The molecule has 1 aliphatic rings. The zero-order chi connectivity index (χ0) is 11.5. The molecular formula is C14H17N3. The topological polar surface area (TPSA) is 40.7 Å². The van der Waals surface area contributed by atoms with Crippen molar-refractivity contribution in [3.63, 3.8) is 0 Å². The average Bonchev–Trinajstić information content (AvgIpc) is 2.90. The molecule has 2 N–H and O–H groups in total. The van der Waals surface area contributed by atoms with Gasteiger partial charge in [-0.05, 0) is 25.5 Å². The van der Waals surface area contributed by atoms with Gasteiger partial charge in [-0.3, -0.25) is 5.10 Å². The number of aromatic amines is 1. The summed E-state index contributed by atoms with van der Waals surface area (Å²) >= 11 is 0. The van der Waals surface area contributed by atoms with E-state index in [0.29, 0.717) is 5.92 Å². The van der Waals surface area contributed by atoms with E-state index in [2.05, 4.69) is 33.7 Å². The Bertz CT molecular complexity index is 469. The van der Waals surface area contributed by atoms with Gasteiger partial charge in [0.1, 0.15) is 0 Å². The minimum absolute atomic E-state index is 0.591. The molecule has 1 aromatic carbocycles. The van der Waals surface area contributed by atoms with Gasteiger partial charge < -0.3 is 5.32 Å². The third-order valence-corrected chi connectivity index (χ3v) is 3.40. The molecule has 1 fully saturated rings. The van der Waals surface area contributed by atoms with Crippen molar-refractivity contribution in [3.8, 4) is 11.3 Å². The van der Waals surface area contributed by atoms with E-state index >= 15 is 0 Å². The van der Waals surface area contributed by atoms with Gasteiger partial charge in [-0.25, -0.2) is 0 Å². The summed E-state index contributed by atoms with van der Waals surface area (Å²) in [5.41, 5.74) is 3.49. The number of benzene rings is 1. The molecule has 1 aliphatic heterocycles. The molecule has 0 aliphatic carbocycles. The number of nitrogens with one attached hydrogen (secondary N) is 2. The van der Waals surface area contributed by atoms with Crippen LogP contribution in [0.15, 0.2) is 36.4 Å². The van der Waals surface area contributed by atoms with E-state index in [1.807, 2.05) is 18.2 Å². The number of H-pyrrole nitrogens is 1. The highest BCUT2D eigenvalue weighted by Crippen LogP contribution is 2.25. The van der Waals surface area contributed by atoms with Crippen LogP contribution in [0.1, 0.15) is 24.5 Å². The van der Waals surface area contributed by atoms with Crippen LogP contribution >= 0.6 is 0 Å². The van der Waals surface area contributed by atoms with E-state index in [9.17, 15) is 0 Å². The van der Waals surface area contributed by atoms with E-state index in [1.165, 1.54) is 24.1 Å². The predicted octanol–water partition coefficient (Wildman–Crippen LogP) is 2.54. The maximum Gasteiger partial charge on any atom is 0.0923 e. The van der Waals surface area contributed by atoms with Crippen LogP contribution in [0.2, 0.25) is 0 Å². The van der Waals surface area contributed by atoms with Crippen molar-refractivity contribution in [2.24, 2.45) is 0 Å². The Morgan fingerprint density at radius 3 is 2.82 bits per heavy atom. The molecule has 88 valence electrons. The maximum atomic E-state index is 4.41. The molecular weight excluding hydrogens is 210 g/mol. The van der Waals surface area contributed by atoms with Crippen LogP contribution < -0.4 is 5.32 Å². The Kier molecular flexibility index (Phi) is 2.92. The molecule has 2 heterocycles. The Balaban J connectivity index is 1.83. The van der Waals surface area contributed by atoms with Crippen molar-refractivity contribution in [3.05, 3.63) is 42.1 Å². The van der Waals surface area contributed by atoms with Gasteiger partial charge in [0.15, 0.2) is 0 Å². The first-order chi connectivity index (χ1) is 8.43. The van der Waals surface area contributed by atoms with Gasteiger partial charge in [-0.2, -0.15) is 5.10 Å². The number of hydrogen-bond acceptors (Lipinski definition) is 2. The molecule has 0 spiro atoms. The highest BCUT2D eigenvalue weighted by atomic mass is 15.1. The van der Waals surface area contributed by atoms with Crippen molar-refractivity contribution >= 4 is 0 Å². The highest BCUT2D eigenvalue weighted by Gasteiger charge is 2.17. The molecule has 1 saturated heterocycles. The normalized spacial score (nSPS) is 20.4. The van der Waals surface area contributed by atoms with Crippen LogP contribution in [0, 0.1) is 0 Å². The fourth-order valence-electron chi connectivity index (χ4n) is 2.42. The summed E-state index contributed by atoms with van der Waals surface area (Å²) in [6.45, 7) is 2.21. The van der Waals surface area contributed by atoms with Crippen molar-refractivity contribution in [2.75, 3.05) is 13.1 Å². The first-order valence-electron chi connectivity index (χ1n) is 6.25. The molecule has 2 aromatic rings. The lowest BCUT2D eigenvalue weighted by molar-refractivity contribution is 0.454. The smallest absolute Gasteiger partial charge is 0.0923 e. The van der Waals surface area contributed by atoms with Gasteiger partial charge in [-0.1, -0.05) is 30.3 Å². The second-order valence-corrected chi connectivity index (χ2v) is 4.62. The molecule has 0 unspecified atom stereocenters. The van der Waals surface area contributed by atoms with Crippen LogP contribution in [0.3, 0.4) is 0 Å². The number of nitrogens with zero attached hydrogens (tertiary/aromatic N) is 1. The molecule has 17 heavy (non-hydrogen) atoms. The molecule has 3 heteroatoms. The Hall–Kier alpha value is -1.61. The van der Waals surface area contributed by atoms with E-state index in [0.717, 1.165) is 18.8 Å². The zero-order valence-corrected chi connectivity index (χ0v) is 9.82. The summed E-state index contributed by atoms with van der Waals surface area (Å²) in [6.07, 6.45) is 2.51. The van der Waals surface area contributed by atoms with Gasteiger partial charge in [-0.15, -0.1) is 0 Å². The summed E-state index contributed by atoms with van der Waals surface area (Å²) in [7, 11) is 0. The van der Waals surface area contributed by atoms with Crippen LogP contribution in [0.5, 0.6) is 0 Å². The minimum Gasteiger partial charge on any atom is -0.316 e. The SMILES string of the molecule is c1ccc(-c2cc([C@@H]3CCCNC3)[nH]n2)cc1. The monoisotopic (exact) mass is 227 g/mol. The number of hydrogen-bond donors (Lipinski definition) is 2. The minimum atomic E-state index is 0.591. The van der Waals surface area contributed by atoms with Crippen molar-refractivity contribution in [1.29, 1.82) is 0 Å². The third-order valence-electron chi connectivity index (χ3n) is 3.40. The predicted molar refractivity (Wildman–Crippen MR) is 68.9 cm³/mol. The number of rotatable bonds is 2. The summed E-state index contributed by atoms with van der Waals surface area (Å²) in [5.74, 6) is 0.591. The van der Waals surface area contributed by atoms with Gasteiger partial charge in [0.05, 0.1) is 5.69 Å². The first kappa shape index (κ1) is 10.5. The number of piperidine rings is 1. The zero-order valence-electron chi connectivity index (χ0n) is 9.82. The quantitative estimate of drug-likeness (QED) is 0.827. The maximum absolute atomic E-state index is 4.41. The second kappa shape index (κ2) is 4.72. The Labute approximate surface area is 101 Å². The van der Waals surface area contributed by atoms with Gasteiger partial charge >= 0.3 is 0 Å². The Morgan fingerprint density at radius 2 is 2.06 bits per heavy atom. The molecule has 0 bridgehead atoms. The first-order valence-corrected chi connectivity index (χ1v) is 6.25. The lowest BCUT2D eigenvalue weighted by Gasteiger charge is -2.21. The lowest BCUT2D eigenvalue weighted by atomic mass is 9.96. The van der Waals surface area contributed by atoms with Gasteiger partial charge in [0.25, 0.3) is 0 Å². The van der Waals surface area contributed by atoms with Crippen LogP contribution in [-0.2, 0) is 0 Å². The van der Waals surface area contributed by atoms with E-state index in [1.54, 1.807) is 0 Å². The summed E-state index contributed by atoms with van der Waals surface area (Å²) < 4.78 is 0. The van der Waals surface area contributed by atoms with E-state index in [4.69, 9.17) is 0 Å². The van der Waals surface area contributed by atoms with Gasteiger partial charge in [0, 0.05) is 23.7 Å². The number of aromatic nitrogens is 2. The van der Waals surface area contributed by atoms with Crippen molar-refractivity contribution < 1.29 is 0 Å². The molecule has 0 saturated carbocycles. The molecule has 0 radical (unpaired) electrons. The van der Waals surface area contributed by atoms with Crippen LogP contribution in [0.25, 0.3) is 11.3 Å². The highest BCUT2D eigenvalue weighted by molar-refractivity contribution is 5.59. The molecule has 1 aromatic heterocycles. The standard InChI is InChI=1S/C14H17N3/c1-2-5-11(6-3-1)13-9-14(17-16-13)12-7-4-8-15-10-12/h1-3,5-6,9,12,15H,4,7-8,10H2,(H,16,17)/t12-/m1/s1. The molecule has 1 atom stereocenters. The van der Waals surface area contributed by atoms with Crippen molar-refractivity contribution in [2.45, 2.75) is 18.8 Å². The molecule has 0 amide bonds. The van der Waals surface area contributed by atoms with E-state index < -0.39 is 0 Å². The lowest BCUT2D eigenvalue weighted by Crippen LogP contribution is -2.28. The molecule has 3 nitrogen and oxygen atoms in total. The summed E-state index contributed by atoms with van der Waals surface area (Å²) in [6, 6.07) is 12.5. The van der Waals surface area contributed by atoms with E-state index in [-0.39, 0.29) is 0 Å². The average molecular weight is 227 g/mol. The molecule has 3 rings (SSSR count). The van der Waals surface area contributed by atoms with Crippen LogP contribution in [-0.4, -0.2) is 23.3 Å². The second-order valence-electron chi connectivity index (χ2n) is 4.62. The van der Waals surface area contributed by atoms with Crippen LogP contribution in [0.4, 0.5) is 0 Å². The Morgan fingerprint density at radius 1 is 1.18 bits per heavy atom. The largest absolute Gasteiger partial charge is 0.316 e. The fourth-order valence-corrected chi connectivity index (χ4v) is 2.42. The summed E-state index contributed by atoms with van der Waals surface area (Å²) in [5, 5.41) is 11.0. The fraction of sp³-hybridized carbons (Fsp3) is 0.357. The van der Waals surface area contributed by atoms with Gasteiger partial charge in [0.2, 0.25) is 0 Å². The summed E-state index contributed by atoms with van der Waals surface area (Å²) in [4.78, 5) is 0. The third kappa shape index (κ3) is 2.24.